The van der Waals surface area contributed by atoms with Gasteiger partial charge in [-0.2, -0.15) is 0 Å². The first-order valence-electron chi connectivity index (χ1n) is 11.2. The van der Waals surface area contributed by atoms with Gasteiger partial charge in [0.1, 0.15) is 0 Å². The van der Waals surface area contributed by atoms with Crippen molar-refractivity contribution >= 4 is 24.0 Å². The molecule has 5 rings (SSSR count). The molecule has 0 spiro atoms. The van der Waals surface area contributed by atoms with E-state index in [1.165, 1.54) is 42.5 Å². The van der Waals surface area contributed by atoms with Gasteiger partial charge >= 0.3 is 0 Å². The number of piperazine rings is 1. The van der Waals surface area contributed by atoms with Crippen molar-refractivity contribution in [1.82, 2.24) is 9.80 Å². The van der Waals surface area contributed by atoms with E-state index in [-0.39, 0.29) is 18.3 Å². The van der Waals surface area contributed by atoms with Gasteiger partial charge in [0.15, 0.2) is 0 Å². The number of halogens is 1. The first kappa shape index (κ1) is 21.2. The number of fused-ring (bicyclic) bond motifs is 3. The lowest BCUT2D eigenvalue weighted by Gasteiger charge is -2.34. The van der Waals surface area contributed by atoms with Crippen molar-refractivity contribution in [3.63, 3.8) is 0 Å². The number of rotatable bonds is 4. The fourth-order valence-electron chi connectivity index (χ4n) is 5.30. The quantitative estimate of drug-likeness (QED) is 0.779. The van der Waals surface area contributed by atoms with Crippen molar-refractivity contribution in [3.8, 4) is 0 Å². The van der Waals surface area contributed by atoms with Gasteiger partial charge in [-0.25, -0.2) is 0 Å². The van der Waals surface area contributed by atoms with Gasteiger partial charge in [-0.1, -0.05) is 49.2 Å². The molecule has 2 aliphatic heterocycles. The molecular formula is C25H32ClN3O. The minimum absolute atomic E-state index is 0. The molecule has 2 atom stereocenters. The van der Waals surface area contributed by atoms with Crippen LogP contribution < -0.4 is 5.32 Å². The molecule has 0 bridgehead atoms. The van der Waals surface area contributed by atoms with Crippen LogP contribution in [0.25, 0.3) is 0 Å². The van der Waals surface area contributed by atoms with Crippen LogP contribution in [0.15, 0.2) is 48.5 Å². The fourth-order valence-corrected chi connectivity index (χ4v) is 5.30. The van der Waals surface area contributed by atoms with Gasteiger partial charge < -0.3 is 10.2 Å². The molecule has 2 aromatic carbocycles. The molecule has 0 radical (unpaired) electrons. The Morgan fingerprint density at radius 2 is 1.73 bits per heavy atom. The summed E-state index contributed by atoms with van der Waals surface area (Å²) in [6.07, 6.45) is 6.27. The van der Waals surface area contributed by atoms with Crippen LogP contribution in [0.3, 0.4) is 0 Å². The molecule has 2 aromatic rings. The van der Waals surface area contributed by atoms with Crippen LogP contribution in [0, 0.1) is 0 Å². The summed E-state index contributed by atoms with van der Waals surface area (Å²) in [7, 11) is 0. The second-order valence-corrected chi connectivity index (χ2v) is 8.81. The molecule has 1 amide bonds. The van der Waals surface area contributed by atoms with E-state index < -0.39 is 0 Å². The van der Waals surface area contributed by atoms with E-state index in [0.29, 0.717) is 12.0 Å². The molecule has 5 heteroatoms. The molecule has 4 nitrogen and oxygen atoms in total. The fraction of sp³-hybridized carbons (Fsp3) is 0.480. The summed E-state index contributed by atoms with van der Waals surface area (Å²) in [5.74, 6) is 0.836. The maximum atomic E-state index is 13.1. The predicted molar refractivity (Wildman–Crippen MR) is 125 cm³/mol. The molecule has 1 N–H and O–H groups in total. The first-order chi connectivity index (χ1) is 14.3. The third-order valence-electron chi connectivity index (χ3n) is 7.03. The molecule has 1 aliphatic carbocycles. The molecule has 2 fully saturated rings. The average Bonchev–Trinajstić information content (AvgIpc) is 3.16. The Hall–Kier alpha value is -2.04. The summed E-state index contributed by atoms with van der Waals surface area (Å²) in [4.78, 5) is 17.6. The highest BCUT2D eigenvalue weighted by Crippen LogP contribution is 2.44. The zero-order valence-electron chi connectivity index (χ0n) is 17.6. The van der Waals surface area contributed by atoms with Crippen molar-refractivity contribution in [2.45, 2.75) is 44.1 Å². The molecule has 160 valence electrons. The van der Waals surface area contributed by atoms with Crippen LogP contribution in [0.1, 0.15) is 53.1 Å². The number of carbonyl (C=O) groups excluding carboxylic acids is 1. The Morgan fingerprint density at radius 3 is 2.53 bits per heavy atom. The largest absolute Gasteiger partial charge is 0.381 e. The Labute approximate surface area is 186 Å². The Morgan fingerprint density at radius 1 is 0.967 bits per heavy atom. The zero-order chi connectivity index (χ0) is 19.6. The van der Waals surface area contributed by atoms with Gasteiger partial charge in [0.25, 0.3) is 5.91 Å². The lowest BCUT2D eigenvalue weighted by molar-refractivity contribution is 0.0638. The Bertz CT molecular complexity index is 864. The van der Waals surface area contributed by atoms with Gasteiger partial charge in [0.05, 0.1) is 0 Å². The van der Waals surface area contributed by atoms with E-state index in [4.69, 9.17) is 0 Å². The topological polar surface area (TPSA) is 35.6 Å². The van der Waals surface area contributed by atoms with Crippen LogP contribution in [0.4, 0.5) is 5.69 Å². The Balaban J connectivity index is 0.00000218. The molecule has 30 heavy (non-hydrogen) atoms. The molecule has 0 aromatic heterocycles. The van der Waals surface area contributed by atoms with Gasteiger partial charge in [0.2, 0.25) is 0 Å². The van der Waals surface area contributed by atoms with Crippen LogP contribution in [0.5, 0.6) is 0 Å². The summed E-state index contributed by atoms with van der Waals surface area (Å²) in [6, 6.07) is 17.6. The number of benzene rings is 2. The SMILES string of the molecule is Cl.O=C(c1ccc2c(c1)NC1CCCCC21)N1CCN(CCc2ccccc2)CC1. The van der Waals surface area contributed by atoms with E-state index in [2.05, 4.69) is 58.7 Å². The third kappa shape index (κ3) is 4.35. The van der Waals surface area contributed by atoms with Crippen molar-refractivity contribution in [3.05, 3.63) is 65.2 Å². The molecule has 2 unspecified atom stereocenters. The first-order valence-corrected chi connectivity index (χ1v) is 11.2. The number of anilines is 1. The van der Waals surface area contributed by atoms with E-state index >= 15 is 0 Å². The van der Waals surface area contributed by atoms with Crippen LogP contribution in [-0.4, -0.2) is 54.5 Å². The van der Waals surface area contributed by atoms with Gasteiger partial charge in [-0.05, 0) is 42.5 Å². The number of carbonyl (C=O) groups is 1. The Kier molecular flexibility index (Phi) is 6.64. The predicted octanol–water partition coefficient (Wildman–Crippen LogP) is 4.56. The maximum Gasteiger partial charge on any atom is 0.254 e. The maximum absolute atomic E-state index is 13.1. The molecule has 2 heterocycles. The molecule has 1 saturated heterocycles. The number of amides is 1. The van der Waals surface area contributed by atoms with Crippen molar-refractivity contribution in [1.29, 1.82) is 0 Å². The highest BCUT2D eigenvalue weighted by molar-refractivity contribution is 5.95. The molecule has 3 aliphatic rings. The monoisotopic (exact) mass is 425 g/mol. The standard InChI is InChI=1S/C25H31N3O.ClH/c29-25(20-10-11-22-21-8-4-5-9-23(21)26-24(22)18-20)28-16-14-27(15-17-28)13-12-19-6-2-1-3-7-19;/h1-3,6-7,10-11,18,21,23,26H,4-5,8-9,12-17H2;1H. The van der Waals surface area contributed by atoms with Crippen molar-refractivity contribution in [2.75, 3.05) is 38.0 Å². The summed E-state index contributed by atoms with van der Waals surface area (Å²) in [6.45, 7) is 4.64. The highest BCUT2D eigenvalue weighted by Gasteiger charge is 2.34. The summed E-state index contributed by atoms with van der Waals surface area (Å²) >= 11 is 0. The van der Waals surface area contributed by atoms with E-state index in [0.717, 1.165) is 44.7 Å². The van der Waals surface area contributed by atoms with Crippen molar-refractivity contribution < 1.29 is 4.79 Å². The minimum atomic E-state index is 0. The van der Waals surface area contributed by atoms with Crippen LogP contribution in [0.2, 0.25) is 0 Å². The van der Waals surface area contributed by atoms with Crippen LogP contribution in [-0.2, 0) is 6.42 Å². The van der Waals surface area contributed by atoms with Gasteiger partial charge in [-0.15, -0.1) is 12.4 Å². The lowest BCUT2D eigenvalue weighted by atomic mass is 9.82. The number of nitrogens with zero attached hydrogens (tertiary/aromatic N) is 2. The van der Waals surface area contributed by atoms with Gasteiger partial charge in [0, 0.05) is 55.9 Å². The van der Waals surface area contributed by atoms with E-state index in [1.54, 1.807) is 0 Å². The normalized spacial score (nSPS) is 23.1. The second-order valence-electron chi connectivity index (χ2n) is 8.81. The second kappa shape index (κ2) is 9.40. The number of hydrogen-bond acceptors (Lipinski definition) is 3. The average molecular weight is 426 g/mol. The van der Waals surface area contributed by atoms with Crippen molar-refractivity contribution in [2.24, 2.45) is 0 Å². The van der Waals surface area contributed by atoms with E-state index in [9.17, 15) is 4.79 Å². The van der Waals surface area contributed by atoms with Gasteiger partial charge in [-0.3, -0.25) is 9.69 Å². The van der Waals surface area contributed by atoms with Crippen LogP contribution >= 0.6 is 12.4 Å². The minimum Gasteiger partial charge on any atom is -0.381 e. The summed E-state index contributed by atoms with van der Waals surface area (Å²) < 4.78 is 0. The lowest BCUT2D eigenvalue weighted by Crippen LogP contribution is -2.49. The third-order valence-corrected chi connectivity index (χ3v) is 7.03. The molecular weight excluding hydrogens is 394 g/mol. The van der Waals surface area contributed by atoms with E-state index in [1.807, 2.05) is 4.90 Å². The summed E-state index contributed by atoms with van der Waals surface area (Å²) in [5, 5.41) is 3.69. The number of nitrogens with one attached hydrogen (secondary N) is 1. The highest BCUT2D eigenvalue weighted by atomic mass is 35.5. The smallest absolute Gasteiger partial charge is 0.254 e. The summed E-state index contributed by atoms with van der Waals surface area (Å²) in [5.41, 5.74) is 4.86. The zero-order valence-corrected chi connectivity index (χ0v) is 18.4. The number of hydrogen-bond donors (Lipinski definition) is 1. The molecule has 1 saturated carbocycles.